The monoisotopic (exact) mass is 413 g/mol. The van der Waals surface area contributed by atoms with Crippen LogP contribution in [-0.4, -0.2) is 41.5 Å². The van der Waals surface area contributed by atoms with Crippen molar-refractivity contribution in [3.05, 3.63) is 46.2 Å². The third kappa shape index (κ3) is 4.38. The molecular formula is C21H23N3O4S. The number of hydrogen-bond donors (Lipinski definition) is 1. The van der Waals surface area contributed by atoms with Crippen LogP contribution in [-0.2, 0) is 15.9 Å². The molecule has 2 aromatic heterocycles. The topological polar surface area (TPSA) is 90.4 Å². The summed E-state index contributed by atoms with van der Waals surface area (Å²) in [5, 5.41) is 3.21. The number of aromatic nitrogens is 2. The van der Waals surface area contributed by atoms with Crippen LogP contribution in [0.5, 0.6) is 0 Å². The van der Waals surface area contributed by atoms with Crippen molar-refractivity contribution in [1.82, 2.24) is 9.97 Å². The zero-order valence-electron chi connectivity index (χ0n) is 16.3. The molecule has 1 fully saturated rings. The minimum atomic E-state index is -0.292. The molecular weight excluding hydrogens is 390 g/mol. The van der Waals surface area contributed by atoms with Crippen molar-refractivity contribution in [2.75, 3.05) is 25.1 Å². The summed E-state index contributed by atoms with van der Waals surface area (Å²) in [4.78, 5) is 35.0. The van der Waals surface area contributed by atoms with Crippen molar-refractivity contribution in [3.63, 3.8) is 0 Å². The van der Waals surface area contributed by atoms with Crippen molar-refractivity contribution < 1.29 is 19.1 Å². The fourth-order valence-electron chi connectivity index (χ4n) is 3.41. The van der Waals surface area contributed by atoms with E-state index in [9.17, 15) is 9.59 Å². The van der Waals surface area contributed by atoms with Gasteiger partial charge < -0.3 is 9.47 Å². The molecule has 29 heavy (non-hydrogen) atoms. The number of nitrogens with zero attached hydrogens (tertiary/aromatic N) is 2. The second kappa shape index (κ2) is 8.84. The van der Waals surface area contributed by atoms with Crippen molar-refractivity contribution in [2.24, 2.45) is 5.92 Å². The summed E-state index contributed by atoms with van der Waals surface area (Å²) in [5.41, 5.74) is 1.98. The minimum Gasteiger partial charge on any atom is -0.491 e. The molecule has 0 spiro atoms. The van der Waals surface area contributed by atoms with E-state index in [1.807, 2.05) is 19.1 Å². The van der Waals surface area contributed by atoms with Crippen LogP contribution >= 0.6 is 11.3 Å². The molecule has 2 aromatic rings. The first-order valence-corrected chi connectivity index (χ1v) is 10.7. The van der Waals surface area contributed by atoms with E-state index in [4.69, 9.17) is 9.47 Å². The second-order valence-electron chi connectivity index (χ2n) is 7.04. The van der Waals surface area contributed by atoms with Crippen LogP contribution in [0, 0.1) is 5.92 Å². The lowest BCUT2D eigenvalue weighted by molar-refractivity contribution is 0.0547. The van der Waals surface area contributed by atoms with Gasteiger partial charge in [-0.25, -0.2) is 4.98 Å². The number of aryl methyl sites for hydroxylation is 1. The SMILES string of the molecule is CCc1cncc(C(=O)Nc2nc(C3=CCCO3)c(C(=O)C3CCOCC3)s2)c1. The van der Waals surface area contributed by atoms with Crippen molar-refractivity contribution in [3.8, 4) is 0 Å². The highest BCUT2D eigenvalue weighted by Gasteiger charge is 2.30. The van der Waals surface area contributed by atoms with E-state index in [1.54, 1.807) is 6.20 Å². The van der Waals surface area contributed by atoms with E-state index < -0.39 is 0 Å². The molecule has 2 aliphatic rings. The number of pyridine rings is 1. The summed E-state index contributed by atoms with van der Waals surface area (Å²) in [6, 6.07) is 1.81. The smallest absolute Gasteiger partial charge is 0.259 e. The molecule has 7 nitrogen and oxygen atoms in total. The van der Waals surface area contributed by atoms with Gasteiger partial charge in [0.2, 0.25) is 0 Å². The lowest BCUT2D eigenvalue weighted by Gasteiger charge is -2.20. The van der Waals surface area contributed by atoms with Crippen LogP contribution < -0.4 is 5.32 Å². The molecule has 1 amide bonds. The Morgan fingerprint density at radius 3 is 2.79 bits per heavy atom. The van der Waals surface area contributed by atoms with Gasteiger partial charge >= 0.3 is 0 Å². The number of rotatable bonds is 6. The summed E-state index contributed by atoms with van der Waals surface area (Å²) >= 11 is 1.21. The Labute approximate surface area is 173 Å². The van der Waals surface area contributed by atoms with Gasteiger partial charge in [0, 0.05) is 37.9 Å². The average molecular weight is 413 g/mol. The molecule has 8 heteroatoms. The lowest BCUT2D eigenvalue weighted by Crippen LogP contribution is -2.23. The number of anilines is 1. The van der Waals surface area contributed by atoms with Crippen LogP contribution in [0.1, 0.15) is 57.5 Å². The van der Waals surface area contributed by atoms with Crippen molar-refractivity contribution >= 4 is 33.9 Å². The maximum Gasteiger partial charge on any atom is 0.259 e. The number of carbonyl (C=O) groups is 2. The van der Waals surface area contributed by atoms with Crippen molar-refractivity contribution in [1.29, 1.82) is 0 Å². The van der Waals surface area contributed by atoms with E-state index in [2.05, 4.69) is 15.3 Å². The Bertz CT molecular complexity index is 947. The molecule has 0 atom stereocenters. The van der Waals surface area contributed by atoms with Gasteiger partial charge in [0.25, 0.3) is 5.91 Å². The number of amides is 1. The number of thiazole rings is 1. The van der Waals surface area contributed by atoms with Gasteiger partial charge in [0.05, 0.1) is 12.2 Å². The summed E-state index contributed by atoms with van der Waals surface area (Å²) < 4.78 is 11.0. The van der Waals surface area contributed by atoms with Crippen LogP contribution in [0.2, 0.25) is 0 Å². The number of nitrogens with one attached hydrogen (secondary N) is 1. The Morgan fingerprint density at radius 1 is 1.24 bits per heavy atom. The fraction of sp³-hybridized carbons (Fsp3) is 0.429. The summed E-state index contributed by atoms with van der Waals surface area (Å²) in [5.74, 6) is 0.289. The zero-order valence-corrected chi connectivity index (χ0v) is 17.1. The molecule has 1 saturated heterocycles. The first-order valence-electron chi connectivity index (χ1n) is 9.87. The summed E-state index contributed by atoms with van der Waals surface area (Å²) in [6.45, 7) is 3.77. The molecule has 4 heterocycles. The van der Waals surface area contributed by atoms with Gasteiger partial charge in [0.15, 0.2) is 10.9 Å². The van der Waals surface area contributed by atoms with E-state index in [0.29, 0.717) is 59.7 Å². The average Bonchev–Trinajstić information content (AvgIpc) is 3.44. The molecule has 2 aliphatic heterocycles. The highest BCUT2D eigenvalue weighted by atomic mass is 32.1. The number of ketones is 1. The number of hydrogen-bond acceptors (Lipinski definition) is 7. The Kier molecular flexibility index (Phi) is 6.01. The van der Waals surface area contributed by atoms with Gasteiger partial charge in [0.1, 0.15) is 16.3 Å². The van der Waals surface area contributed by atoms with E-state index in [-0.39, 0.29) is 17.6 Å². The molecule has 0 bridgehead atoms. The van der Waals surface area contributed by atoms with Crippen LogP contribution in [0.4, 0.5) is 5.13 Å². The van der Waals surface area contributed by atoms with Gasteiger partial charge in [-0.3, -0.25) is 19.9 Å². The zero-order chi connectivity index (χ0) is 20.2. The minimum absolute atomic E-state index is 0.0485. The third-order valence-corrected chi connectivity index (χ3v) is 6.05. The molecule has 0 aliphatic carbocycles. The van der Waals surface area contributed by atoms with Gasteiger partial charge in [-0.2, -0.15) is 0 Å². The predicted octanol–water partition coefficient (Wildman–Crippen LogP) is 3.72. The number of ether oxygens (including phenoxy) is 2. The van der Waals surface area contributed by atoms with Crippen LogP contribution in [0.15, 0.2) is 24.5 Å². The van der Waals surface area contributed by atoms with Gasteiger partial charge in [-0.1, -0.05) is 18.3 Å². The maximum atomic E-state index is 13.1. The summed E-state index contributed by atoms with van der Waals surface area (Å²) in [7, 11) is 0. The highest BCUT2D eigenvalue weighted by Crippen LogP contribution is 2.34. The Balaban J connectivity index is 1.60. The van der Waals surface area contributed by atoms with E-state index in [1.165, 1.54) is 17.5 Å². The van der Waals surface area contributed by atoms with Gasteiger partial charge in [-0.05, 0) is 37.0 Å². The standard InChI is InChI=1S/C21H23N3O4S/c1-2-13-10-15(12-22-11-13)20(26)24-21-23-17(16-4-3-7-28-16)19(29-21)18(25)14-5-8-27-9-6-14/h4,10-12,14H,2-3,5-9H2,1H3,(H,23,24,26). The molecule has 0 aromatic carbocycles. The molecule has 1 N–H and O–H groups in total. The number of Topliss-reactive ketones (excluding diaryl/α,β-unsaturated/α-hetero) is 1. The molecule has 0 saturated carbocycles. The molecule has 0 unspecified atom stereocenters. The maximum absolute atomic E-state index is 13.1. The normalized spacial score (nSPS) is 16.9. The Morgan fingerprint density at radius 2 is 2.07 bits per heavy atom. The largest absolute Gasteiger partial charge is 0.491 e. The lowest BCUT2D eigenvalue weighted by atomic mass is 9.94. The Hall–Kier alpha value is -2.58. The van der Waals surface area contributed by atoms with Crippen LogP contribution in [0.3, 0.4) is 0 Å². The fourth-order valence-corrected chi connectivity index (χ4v) is 4.39. The van der Waals surface area contributed by atoms with Crippen LogP contribution in [0.25, 0.3) is 5.76 Å². The second-order valence-corrected chi connectivity index (χ2v) is 8.04. The molecule has 4 rings (SSSR count). The van der Waals surface area contributed by atoms with Crippen molar-refractivity contribution in [2.45, 2.75) is 32.6 Å². The predicted molar refractivity (Wildman–Crippen MR) is 110 cm³/mol. The first kappa shape index (κ1) is 19.7. The summed E-state index contributed by atoms with van der Waals surface area (Å²) in [6.07, 6.45) is 8.20. The van der Waals surface area contributed by atoms with E-state index in [0.717, 1.165) is 18.4 Å². The number of carbonyl (C=O) groups excluding carboxylic acids is 2. The quantitative estimate of drug-likeness (QED) is 0.726. The molecule has 0 radical (unpaired) electrons. The molecule has 152 valence electrons. The highest BCUT2D eigenvalue weighted by molar-refractivity contribution is 7.18. The van der Waals surface area contributed by atoms with Gasteiger partial charge in [-0.15, -0.1) is 0 Å². The first-order chi connectivity index (χ1) is 14.2. The van der Waals surface area contributed by atoms with E-state index >= 15 is 0 Å². The third-order valence-electron chi connectivity index (χ3n) is 5.07.